The number of allylic oxidation sites excluding steroid dienone is 2. The molecule has 1 unspecified atom stereocenters. The van der Waals surface area contributed by atoms with Crippen LogP contribution in [0.3, 0.4) is 0 Å². The van der Waals surface area contributed by atoms with Gasteiger partial charge in [-0.05, 0) is 41.5 Å². The highest BCUT2D eigenvalue weighted by molar-refractivity contribution is 6.03. The third-order valence-corrected chi connectivity index (χ3v) is 4.39. The molecule has 1 heteroatoms. The van der Waals surface area contributed by atoms with Crippen molar-refractivity contribution in [3.8, 4) is 0 Å². The lowest BCUT2D eigenvalue weighted by Crippen LogP contribution is -2.13. The second-order valence-electron chi connectivity index (χ2n) is 6.07. The number of benzene rings is 2. The van der Waals surface area contributed by atoms with Gasteiger partial charge in [0, 0.05) is 5.71 Å². The fraction of sp³-hybridized carbons (Fsp3) is 0.174. The Morgan fingerprint density at radius 2 is 1.75 bits per heavy atom. The highest BCUT2D eigenvalue weighted by Crippen LogP contribution is 2.29. The summed E-state index contributed by atoms with van der Waals surface area (Å²) in [6.07, 6.45) is 9.03. The fourth-order valence-electron chi connectivity index (χ4n) is 3.18. The van der Waals surface area contributed by atoms with Gasteiger partial charge in [-0.25, -0.2) is 0 Å². The first-order chi connectivity index (χ1) is 11.8. The first-order valence-electron chi connectivity index (χ1n) is 8.47. The van der Waals surface area contributed by atoms with Crippen molar-refractivity contribution in [2.75, 3.05) is 0 Å². The van der Waals surface area contributed by atoms with E-state index < -0.39 is 0 Å². The van der Waals surface area contributed by atoms with Gasteiger partial charge in [0.15, 0.2) is 0 Å². The van der Waals surface area contributed by atoms with Gasteiger partial charge < -0.3 is 0 Å². The van der Waals surface area contributed by atoms with Crippen LogP contribution in [-0.2, 0) is 6.42 Å². The lowest BCUT2D eigenvalue weighted by molar-refractivity contribution is 0.809. The number of rotatable bonds is 5. The van der Waals surface area contributed by atoms with Gasteiger partial charge in [-0.1, -0.05) is 86.0 Å². The molecule has 1 atom stereocenters. The summed E-state index contributed by atoms with van der Waals surface area (Å²) in [6.45, 7) is 8.00. The van der Waals surface area contributed by atoms with E-state index in [2.05, 4.69) is 61.7 Å². The number of hydrogen-bond acceptors (Lipinski definition) is 1. The van der Waals surface area contributed by atoms with E-state index in [1.165, 1.54) is 22.4 Å². The SMILES string of the molecule is C=C/C=C\C(=C)C(N=C1CCCc2ccccc21)c1ccccc1. The summed E-state index contributed by atoms with van der Waals surface area (Å²) in [5, 5.41) is 0. The standard InChI is InChI=1S/C23H23N/c1-3-4-11-18(2)23(20-13-6-5-7-14-20)24-22-17-10-15-19-12-8-9-16-21(19)22/h3-9,11-14,16,23H,1-2,10,15,17H2/b11-4-,24-22?. The molecule has 1 nitrogen and oxygen atoms in total. The summed E-state index contributed by atoms with van der Waals surface area (Å²) in [6, 6.07) is 19.0. The molecule has 2 aromatic rings. The zero-order valence-corrected chi connectivity index (χ0v) is 14.0. The van der Waals surface area contributed by atoms with Crippen molar-refractivity contribution in [2.24, 2.45) is 4.99 Å². The van der Waals surface area contributed by atoms with Gasteiger partial charge in [-0.2, -0.15) is 0 Å². The summed E-state index contributed by atoms with van der Waals surface area (Å²) in [5.41, 5.74) is 6.05. The van der Waals surface area contributed by atoms with E-state index in [0.29, 0.717) is 0 Å². The molecule has 0 radical (unpaired) electrons. The molecule has 120 valence electrons. The van der Waals surface area contributed by atoms with Crippen LogP contribution < -0.4 is 0 Å². The third-order valence-electron chi connectivity index (χ3n) is 4.39. The Hall–Kier alpha value is -2.67. The van der Waals surface area contributed by atoms with E-state index in [9.17, 15) is 0 Å². The van der Waals surface area contributed by atoms with Gasteiger partial charge in [0.25, 0.3) is 0 Å². The van der Waals surface area contributed by atoms with Crippen molar-refractivity contribution < 1.29 is 0 Å². The Labute approximate surface area is 144 Å². The predicted molar refractivity (Wildman–Crippen MR) is 104 cm³/mol. The van der Waals surface area contributed by atoms with E-state index in [1.807, 2.05) is 18.2 Å². The molecule has 0 aliphatic heterocycles. The summed E-state index contributed by atoms with van der Waals surface area (Å²) < 4.78 is 0. The molecule has 0 saturated carbocycles. The molecule has 2 aromatic carbocycles. The first-order valence-corrected chi connectivity index (χ1v) is 8.47. The molecule has 0 aromatic heterocycles. The molecule has 0 spiro atoms. The third kappa shape index (κ3) is 3.62. The van der Waals surface area contributed by atoms with E-state index in [0.717, 1.165) is 24.8 Å². The van der Waals surface area contributed by atoms with Gasteiger partial charge in [0.05, 0.1) is 6.04 Å². The zero-order valence-electron chi connectivity index (χ0n) is 14.0. The molecule has 0 amide bonds. The van der Waals surface area contributed by atoms with Crippen LogP contribution >= 0.6 is 0 Å². The second kappa shape index (κ2) is 7.74. The maximum absolute atomic E-state index is 5.13. The average Bonchev–Trinajstić information content (AvgIpc) is 2.65. The lowest BCUT2D eigenvalue weighted by atomic mass is 9.89. The van der Waals surface area contributed by atoms with Crippen molar-refractivity contribution in [1.29, 1.82) is 0 Å². The van der Waals surface area contributed by atoms with Crippen molar-refractivity contribution in [3.63, 3.8) is 0 Å². The molecule has 1 aliphatic rings. The number of aryl methyl sites for hydroxylation is 1. The van der Waals surface area contributed by atoms with Crippen molar-refractivity contribution in [1.82, 2.24) is 0 Å². The highest BCUT2D eigenvalue weighted by Gasteiger charge is 2.18. The normalized spacial score (nSPS) is 16.8. The summed E-state index contributed by atoms with van der Waals surface area (Å²) >= 11 is 0. The average molecular weight is 313 g/mol. The van der Waals surface area contributed by atoms with E-state index in [-0.39, 0.29) is 6.04 Å². The molecule has 0 saturated heterocycles. The minimum Gasteiger partial charge on any atom is -0.276 e. The highest BCUT2D eigenvalue weighted by atomic mass is 14.8. The van der Waals surface area contributed by atoms with Gasteiger partial charge in [0.1, 0.15) is 0 Å². The Balaban J connectivity index is 2.02. The van der Waals surface area contributed by atoms with Gasteiger partial charge in [-0.3, -0.25) is 4.99 Å². The van der Waals surface area contributed by atoms with Crippen LogP contribution in [0.25, 0.3) is 0 Å². The van der Waals surface area contributed by atoms with Crippen LogP contribution in [0.2, 0.25) is 0 Å². The maximum atomic E-state index is 5.13. The van der Waals surface area contributed by atoms with Gasteiger partial charge in [0.2, 0.25) is 0 Å². The smallest absolute Gasteiger partial charge is 0.0997 e. The van der Waals surface area contributed by atoms with E-state index in [1.54, 1.807) is 6.08 Å². The van der Waals surface area contributed by atoms with Crippen LogP contribution in [0.5, 0.6) is 0 Å². The molecule has 1 aliphatic carbocycles. The molecular formula is C23H23N. The summed E-state index contributed by atoms with van der Waals surface area (Å²) in [7, 11) is 0. The largest absolute Gasteiger partial charge is 0.276 e. The molecule has 0 fully saturated rings. The lowest BCUT2D eigenvalue weighted by Gasteiger charge is -2.21. The Kier molecular flexibility index (Phi) is 5.22. The maximum Gasteiger partial charge on any atom is 0.0997 e. The van der Waals surface area contributed by atoms with Crippen LogP contribution in [0.1, 0.15) is 35.6 Å². The molecule has 0 N–H and O–H groups in total. The van der Waals surface area contributed by atoms with Crippen LogP contribution in [-0.4, -0.2) is 5.71 Å². The monoisotopic (exact) mass is 313 g/mol. The Morgan fingerprint density at radius 1 is 1.00 bits per heavy atom. The van der Waals surface area contributed by atoms with Crippen molar-refractivity contribution >= 4 is 5.71 Å². The van der Waals surface area contributed by atoms with Gasteiger partial charge in [-0.15, -0.1) is 0 Å². The van der Waals surface area contributed by atoms with Crippen LogP contribution in [0.4, 0.5) is 0 Å². The Bertz CT molecular complexity index is 781. The minimum absolute atomic E-state index is 0.0523. The van der Waals surface area contributed by atoms with Crippen molar-refractivity contribution in [2.45, 2.75) is 25.3 Å². The molecule has 0 bridgehead atoms. The Morgan fingerprint density at radius 3 is 2.54 bits per heavy atom. The van der Waals surface area contributed by atoms with E-state index >= 15 is 0 Å². The van der Waals surface area contributed by atoms with Crippen LogP contribution in [0.15, 0.2) is 96.5 Å². The fourth-order valence-corrected chi connectivity index (χ4v) is 3.18. The summed E-state index contributed by atoms with van der Waals surface area (Å²) in [5.74, 6) is 0. The van der Waals surface area contributed by atoms with E-state index in [4.69, 9.17) is 4.99 Å². The second-order valence-corrected chi connectivity index (χ2v) is 6.07. The number of fused-ring (bicyclic) bond motifs is 1. The molecule has 0 heterocycles. The number of hydrogen-bond donors (Lipinski definition) is 0. The van der Waals surface area contributed by atoms with Crippen molar-refractivity contribution in [3.05, 3.63) is 108 Å². The number of nitrogens with zero attached hydrogens (tertiary/aromatic N) is 1. The van der Waals surface area contributed by atoms with Crippen LogP contribution in [0, 0.1) is 0 Å². The molecule has 3 rings (SSSR count). The summed E-state index contributed by atoms with van der Waals surface area (Å²) in [4.78, 5) is 5.13. The van der Waals surface area contributed by atoms with Gasteiger partial charge >= 0.3 is 0 Å². The molecule has 24 heavy (non-hydrogen) atoms. The quantitative estimate of drug-likeness (QED) is 0.614. The topological polar surface area (TPSA) is 12.4 Å². The molecular weight excluding hydrogens is 290 g/mol. The predicted octanol–water partition coefficient (Wildman–Crippen LogP) is 5.85. The minimum atomic E-state index is -0.0523. The number of aliphatic imine (C=N–C) groups is 1. The zero-order chi connectivity index (χ0) is 16.8. The first kappa shape index (κ1) is 16.2.